The predicted octanol–water partition coefficient (Wildman–Crippen LogP) is 5.16. The third-order valence-electron chi connectivity index (χ3n) is 4.54. The Morgan fingerprint density at radius 3 is 2.26 bits per heavy atom. The first kappa shape index (κ1) is 13.9. The highest BCUT2D eigenvalue weighted by Crippen LogP contribution is 2.50. The number of furan rings is 1. The second-order valence-corrected chi connectivity index (χ2v) is 5.94. The van der Waals surface area contributed by atoms with E-state index in [1.54, 1.807) is 12.5 Å². The van der Waals surface area contributed by atoms with Crippen LogP contribution in [0.5, 0.6) is 0 Å². The average molecular weight is 302 g/mol. The molecule has 1 aromatic heterocycles. The minimum atomic E-state index is -0.382. The first-order chi connectivity index (χ1) is 11.3. The molecule has 1 aliphatic heterocycles. The van der Waals surface area contributed by atoms with Crippen LogP contribution in [0.25, 0.3) is 0 Å². The van der Waals surface area contributed by atoms with E-state index in [1.165, 1.54) is 16.7 Å². The topological polar surface area (TPSA) is 22.4 Å². The standard InChI is InChI=1S/C21H18O2/c1-16-9-11-18(12-10-16)21(17-6-3-2-4-7-17)13-15-23-20(21)19-8-5-14-22-19/h2-15,20H,1H3. The first-order valence-electron chi connectivity index (χ1n) is 7.80. The third kappa shape index (κ3) is 2.18. The Kier molecular flexibility index (Phi) is 3.30. The lowest BCUT2D eigenvalue weighted by Gasteiger charge is -2.33. The largest absolute Gasteiger partial charge is 0.489 e. The number of benzene rings is 2. The number of hydrogen-bond acceptors (Lipinski definition) is 2. The highest BCUT2D eigenvalue weighted by Gasteiger charge is 2.46. The van der Waals surface area contributed by atoms with Crippen molar-refractivity contribution in [2.24, 2.45) is 0 Å². The van der Waals surface area contributed by atoms with Crippen molar-refractivity contribution in [2.75, 3.05) is 0 Å². The van der Waals surface area contributed by atoms with Crippen molar-refractivity contribution >= 4 is 0 Å². The summed E-state index contributed by atoms with van der Waals surface area (Å²) in [6, 6.07) is 23.0. The summed E-state index contributed by atoms with van der Waals surface area (Å²) >= 11 is 0. The van der Waals surface area contributed by atoms with Gasteiger partial charge in [0.1, 0.15) is 5.76 Å². The van der Waals surface area contributed by atoms with Gasteiger partial charge in [0.15, 0.2) is 6.10 Å². The van der Waals surface area contributed by atoms with E-state index < -0.39 is 0 Å². The van der Waals surface area contributed by atoms with E-state index in [2.05, 4.69) is 61.5 Å². The van der Waals surface area contributed by atoms with Crippen LogP contribution in [0.3, 0.4) is 0 Å². The highest BCUT2D eigenvalue weighted by atomic mass is 16.5. The normalized spacial score (nSPS) is 22.9. The van der Waals surface area contributed by atoms with Crippen LogP contribution >= 0.6 is 0 Å². The van der Waals surface area contributed by atoms with Gasteiger partial charge in [-0.2, -0.15) is 0 Å². The molecular formula is C21H18O2. The lowest BCUT2D eigenvalue weighted by Crippen LogP contribution is -2.30. The van der Waals surface area contributed by atoms with Crippen LogP contribution in [-0.4, -0.2) is 0 Å². The van der Waals surface area contributed by atoms with E-state index >= 15 is 0 Å². The van der Waals surface area contributed by atoms with E-state index in [9.17, 15) is 0 Å². The Balaban J connectivity index is 1.94. The van der Waals surface area contributed by atoms with E-state index in [-0.39, 0.29) is 11.5 Å². The van der Waals surface area contributed by atoms with Gasteiger partial charge >= 0.3 is 0 Å². The maximum Gasteiger partial charge on any atom is 0.172 e. The second-order valence-electron chi connectivity index (χ2n) is 5.94. The summed E-state index contributed by atoms with van der Waals surface area (Å²) in [7, 11) is 0. The lowest BCUT2D eigenvalue weighted by atomic mass is 9.70. The number of aryl methyl sites for hydroxylation is 1. The van der Waals surface area contributed by atoms with Crippen molar-refractivity contribution in [1.82, 2.24) is 0 Å². The molecular weight excluding hydrogens is 284 g/mol. The van der Waals surface area contributed by atoms with Gasteiger partial charge in [-0.05, 0) is 36.3 Å². The monoisotopic (exact) mass is 302 g/mol. The van der Waals surface area contributed by atoms with Crippen LogP contribution < -0.4 is 0 Å². The fourth-order valence-corrected chi connectivity index (χ4v) is 3.36. The fourth-order valence-electron chi connectivity index (χ4n) is 3.36. The summed E-state index contributed by atoms with van der Waals surface area (Å²) in [5.74, 6) is 0.833. The predicted molar refractivity (Wildman–Crippen MR) is 90.1 cm³/mol. The minimum Gasteiger partial charge on any atom is -0.489 e. The van der Waals surface area contributed by atoms with Gasteiger partial charge in [0.2, 0.25) is 0 Å². The van der Waals surface area contributed by atoms with Gasteiger partial charge < -0.3 is 9.15 Å². The molecule has 23 heavy (non-hydrogen) atoms. The molecule has 0 saturated heterocycles. The molecule has 0 amide bonds. The summed E-state index contributed by atoms with van der Waals surface area (Å²) in [6.07, 6.45) is 5.42. The molecule has 4 rings (SSSR count). The molecule has 2 aromatic carbocycles. The van der Waals surface area contributed by atoms with Gasteiger partial charge in [-0.3, -0.25) is 0 Å². The summed E-state index contributed by atoms with van der Waals surface area (Å²) in [4.78, 5) is 0. The van der Waals surface area contributed by atoms with Gasteiger partial charge in [-0.15, -0.1) is 0 Å². The number of ether oxygens (including phenoxy) is 1. The highest BCUT2D eigenvalue weighted by molar-refractivity contribution is 5.49. The second kappa shape index (κ2) is 5.47. The molecule has 2 unspecified atom stereocenters. The Hall–Kier alpha value is -2.74. The molecule has 0 N–H and O–H groups in total. The minimum absolute atomic E-state index is 0.206. The first-order valence-corrected chi connectivity index (χ1v) is 7.80. The fraction of sp³-hybridized carbons (Fsp3) is 0.143. The zero-order chi connectivity index (χ0) is 15.7. The zero-order valence-corrected chi connectivity index (χ0v) is 13.0. The van der Waals surface area contributed by atoms with Gasteiger partial charge in [0.05, 0.1) is 17.9 Å². The van der Waals surface area contributed by atoms with E-state index in [0.717, 1.165) is 5.76 Å². The van der Waals surface area contributed by atoms with Crippen molar-refractivity contribution in [3.8, 4) is 0 Å². The van der Waals surface area contributed by atoms with Crippen molar-refractivity contribution in [3.63, 3.8) is 0 Å². The van der Waals surface area contributed by atoms with Crippen molar-refractivity contribution in [3.05, 3.63) is 108 Å². The number of hydrogen-bond donors (Lipinski definition) is 0. The molecule has 0 fully saturated rings. The van der Waals surface area contributed by atoms with Crippen LogP contribution in [0.1, 0.15) is 28.6 Å². The zero-order valence-electron chi connectivity index (χ0n) is 13.0. The maximum absolute atomic E-state index is 5.98. The molecule has 2 nitrogen and oxygen atoms in total. The van der Waals surface area contributed by atoms with Crippen LogP contribution in [-0.2, 0) is 10.2 Å². The van der Waals surface area contributed by atoms with Crippen LogP contribution in [0.15, 0.2) is 89.7 Å². The Morgan fingerprint density at radius 2 is 1.57 bits per heavy atom. The summed E-state index contributed by atoms with van der Waals surface area (Å²) in [5, 5.41) is 0. The van der Waals surface area contributed by atoms with E-state index in [0.29, 0.717) is 0 Å². The number of rotatable bonds is 3. The Labute approximate surface area is 136 Å². The van der Waals surface area contributed by atoms with Crippen LogP contribution in [0.4, 0.5) is 0 Å². The molecule has 0 aliphatic carbocycles. The SMILES string of the molecule is Cc1ccc(C2(c3ccccc3)C=COC2c2ccco2)cc1. The van der Waals surface area contributed by atoms with E-state index in [4.69, 9.17) is 9.15 Å². The van der Waals surface area contributed by atoms with Gasteiger partial charge in [0, 0.05) is 0 Å². The molecule has 0 radical (unpaired) electrons. The van der Waals surface area contributed by atoms with E-state index in [1.807, 2.05) is 18.2 Å². The Morgan fingerprint density at radius 1 is 0.826 bits per heavy atom. The maximum atomic E-state index is 5.98. The van der Waals surface area contributed by atoms with Crippen molar-refractivity contribution in [1.29, 1.82) is 0 Å². The molecule has 0 saturated carbocycles. The molecule has 2 heterocycles. The summed E-state index contributed by atoms with van der Waals surface area (Å²) in [5.41, 5.74) is 3.25. The summed E-state index contributed by atoms with van der Waals surface area (Å²) in [6.45, 7) is 2.10. The van der Waals surface area contributed by atoms with Crippen molar-refractivity contribution < 1.29 is 9.15 Å². The summed E-state index contributed by atoms with van der Waals surface area (Å²) < 4.78 is 11.7. The van der Waals surface area contributed by atoms with Crippen molar-refractivity contribution in [2.45, 2.75) is 18.4 Å². The lowest BCUT2D eigenvalue weighted by molar-refractivity contribution is 0.108. The molecule has 2 heteroatoms. The van der Waals surface area contributed by atoms with Crippen LogP contribution in [0.2, 0.25) is 0 Å². The molecule has 1 aliphatic rings. The Bertz CT molecular complexity index is 801. The smallest absolute Gasteiger partial charge is 0.172 e. The quantitative estimate of drug-likeness (QED) is 0.667. The van der Waals surface area contributed by atoms with Gasteiger partial charge in [-0.25, -0.2) is 0 Å². The van der Waals surface area contributed by atoms with Crippen LogP contribution in [0, 0.1) is 6.92 Å². The third-order valence-corrected chi connectivity index (χ3v) is 4.54. The van der Waals surface area contributed by atoms with Gasteiger partial charge in [-0.1, -0.05) is 60.2 Å². The average Bonchev–Trinajstić information content (AvgIpc) is 3.26. The molecule has 114 valence electrons. The molecule has 0 bridgehead atoms. The molecule has 3 aromatic rings. The molecule has 2 atom stereocenters. The van der Waals surface area contributed by atoms with Gasteiger partial charge in [0.25, 0.3) is 0 Å². The molecule has 0 spiro atoms.